The molecule has 0 aliphatic carbocycles. The molecule has 1 N–H and O–H groups in total. The predicted octanol–water partition coefficient (Wildman–Crippen LogP) is 3.94. The van der Waals surface area contributed by atoms with Crippen molar-refractivity contribution in [1.82, 2.24) is 15.1 Å². The summed E-state index contributed by atoms with van der Waals surface area (Å²) in [6.07, 6.45) is 4.48. The number of halogens is 1. The Morgan fingerprint density at radius 3 is 2.85 bits per heavy atom. The van der Waals surface area contributed by atoms with Crippen LogP contribution in [0, 0.1) is 0 Å². The summed E-state index contributed by atoms with van der Waals surface area (Å²) in [7, 11) is 0. The third-order valence-electron chi connectivity index (χ3n) is 3.80. The fourth-order valence-corrected chi connectivity index (χ4v) is 2.68. The Morgan fingerprint density at radius 2 is 2.04 bits per heavy atom. The van der Waals surface area contributed by atoms with Crippen LogP contribution in [0.4, 0.5) is 0 Å². The molecular weight excluding hydrogens is 350 g/mol. The fourth-order valence-electron chi connectivity index (χ4n) is 2.50. The number of aromatic nitrogens is 2. The Morgan fingerprint density at radius 1 is 1.15 bits per heavy atom. The van der Waals surface area contributed by atoms with Gasteiger partial charge in [-0.15, -0.1) is 0 Å². The van der Waals surface area contributed by atoms with Gasteiger partial charge in [-0.25, -0.2) is 0 Å². The number of hydrogen-bond donors (Lipinski definition) is 1. The highest BCUT2D eigenvalue weighted by Gasteiger charge is 2.06. The van der Waals surface area contributed by atoms with Crippen LogP contribution in [0.25, 0.3) is 0 Å². The lowest BCUT2D eigenvalue weighted by molar-refractivity contribution is 0.0952. The Balaban J connectivity index is 1.48. The number of nitrogens with zero attached hydrogens (tertiary/aromatic N) is 2. The van der Waals surface area contributed by atoms with E-state index in [4.69, 9.17) is 16.3 Å². The first-order valence-corrected chi connectivity index (χ1v) is 8.81. The smallest absolute Gasteiger partial charge is 0.251 e. The third kappa shape index (κ3) is 5.36. The quantitative estimate of drug-likeness (QED) is 0.612. The monoisotopic (exact) mass is 369 g/mol. The van der Waals surface area contributed by atoms with E-state index in [0.29, 0.717) is 29.5 Å². The van der Waals surface area contributed by atoms with Crippen LogP contribution in [0.15, 0.2) is 67.0 Å². The van der Waals surface area contributed by atoms with Gasteiger partial charge in [0.1, 0.15) is 12.4 Å². The van der Waals surface area contributed by atoms with Gasteiger partial charge in [-0.3, -0.25) is 9.48 Å². The van der Waals surface area contributed by atoms with Crippen LogP contribution >= 0.6 is 11.6 Å². The Bertz CT molecular complexity index is 850. The molecule has 6 heteroatoms. The summed E-state index contributed by atoms with van der Waals surface area (Å²) < 4.78 is 7.57. The van der Waals surface area contributed by atoms with Gasteiger partial charge in [0, 0.05) is 36.1 Å². The summed E-state index contributed by atoms with van der Waals surface area (Å²) in [6.45, 7) is 1.75. The molecule has 3 rings (SSSR count). The number of carbonyl (C=O) groups is 1. The lowest BCUT2D eigenvalue weighted by atomic mass is 10.1. The van der Waals surface area contributed by atoms with Gasteiger partial charge in [0.25, 0.3) is 5.91 Å². The van der Waals surface area contributed by atoms with Gasteiger partial charge in [0.15, 0.2) is 0 Å². The molecule has 134 valence electrons. The molecule has 0 fully saturated rings. The van der Waals surface area contributed by atoms with Crippen LogP contribution < -0.4 is 10.1 Å². The van der Waals surface area contributed by atoms with Gasteiger partial charge >= 0.3 is 0 Å². The SMILES string of the molecule is O=C(NCCCn1cccn1)c1cccc(COc2cccc(Cl)c2)c1. The number of nitrogens with one attached hydrogen (secondary N) is 1. The number of hydrogen-bond acceptors (Lipinski definition) is 3. The molecule has 1 amide bonds. The lowest BCUT2D eigenvalue weighted by Crippen LogP contribution is -2.25. The topological polar surface area (TPSA) is 56.2 Å². The van der Waals surface area contributed by atoms with Crippen molar-refractivity contribution in [2.75, 3.05) is 6.54 Å². The second-order valence-corrected chi connectivity index (χ2v) is 6.26. The summed E-state index contributed by atoms with van der Waals surface area (Å²) in [6, 6.07) is 16.6. The largest absolute Gasteiger partial charge is 0.489 e. The van der Waals surface area contributed by atoms with Crippen LogP contribution in [0.3, 0.4) is 0 Å². The number of amides is 1. The highest BCUT2D eigenvalue weighted by Crippen LogP contribution is 2.18. The van der Waals surface area contributed by atoms with E-state index in [0.717, 1.165) is 18.5 Å². The number of aryl methyl sites for hydroxylation is 1. The van der Waals surface area contributed by atoms with E-state index in [9.17, 15) is 4.79 Å². The van der Waals surface area contributed by atoms with E-state index in [1.54, 1.807) is 24.4 Å². The van der Waals surface area contributed by atoms with Crippen molar-refractivity contribution in [3.8, 4) is 5.75 Å². The third-order valence-corrected chi connectivity index (χ3v) is 4.03. The van der Waals surface area contributed by atoms with Crippen molar-refractivity contribution in [2.24, 2.45) is 0 Å². The summed E-state index contributed by atoms with van der Waals surface area (Å²) >= 11 is 5.95. The van der Waals surface area contributed by atoms with Crippen LogP contribution in [-0.4, -0.2) is 22.2 Å². The molecule has 5 nitrogen and oxygen atoms in total. The van der Waals surface area contributed by atoms with Crippen LogP contribution in [0.1, 0.15) is 22.3 Å². The van der Waals surface area contributed by atoms with E-state index < -0.39 is 0 Å². The van der Waals surface area contributed by atoms with E-state index in [1.807, 2.05) is 47.3 Å². The van der Waals surface area contributed by atoms with Crippen molar-refractivity contribution in [3.63, 3.8) is 0 Å². The Kier molecular flexibility index (Phi) is 6.28. The maximum atomic E-state index is 12.3. The molecular formula is C20H20ClN3O2. The minimum atomic E-state index is -0.0879. The van der Waals surface area contributed by atoms with Crippen LogP contribution in [0.2, 0.25) is 5.02 Å². The molecule has 26 heavy (non-hydrogen) atoms. The van der Waals surface area contributed by atoms with Crippen molar-refractivity contribution >= 4 is 17.5 Å². The molecule has 0 bridgehead atoms. The van der Waals surface area contributed by atoms with E-state index in [1.165, 1.54) is 0 Å². The first-order valence-electron chi connectivity index (χ1n) is 8.44. The van der Waals surface area contributed by atoms with Gasteiger partial charge in [0.2, 0.25) is 0 Å². The van der Waals surface area contributed by atoms with E-state index >= 15 is 0 Å². The molecule has 0 radical (unpaired) electrons. The van der Waals surface area contributed by atoms with Crippen LogP contribution in [0.5, 0.6) is 5.75 Å². The van der Waals surface area contributed by atoms with Crippen LogP contribution in [-0.2, 0) is 13.2 Å². The zero-order valence-electron chi connectivity index (χ0n) is 14.3. The maximum absolute atomic E-state index is 12.3. The molecule has 1 aromatic heterocycles. The molecule has 0 aliphatic heterocycles. The minimum Gasteiger partial charge on any atom is -0.489 e. The highest BCUT2D eigenvalue weighted by molar-refractivity contribution is 6.30. The molecule has 0 saturated heterocycles. The Hall–Kier alpha value is -2.79. The normalized spacial score (nSPS) is 10.5. The molecule has 0 unspecified atom stereocenters. The minimum absolute atomic E-state index is 0.0879. The number of rotatable bonds is 8. The van der Waals surface area contributed by atoms with Gasteiger partial charge in [-0.2, -0.15) is 5.10 Å². The van der Waals surface area contributed by atoms with Gasteiger partial charge < -0.3 is 10.1 Å². The second-order valence-electron chi connectivity index (χ2n) is 5.83. The lowest BCUT2D eigenvalue weighted by Gasteiger charge is -2.09. The average Bonchev–Trinajstić information content (AvgIpc) is 3.17. The Labute approximate surface area is 157 Å². The van der Waals surface area contributed by atoms with Crippen molar-refractivity contribution in [2.45, 2.75) is 19.6 Å². The summed E-state index contributed by atoms with van der Waals surface area (Å²) in [5.41, 5.74) is 1.55. The van der Waals surface area contributed by atoms with E-state index in [2.05, 4.69) is 10.4 Å². The molecule has 0 saturated carbocycles. The molecule has 0 spiro atoms. The number of ether oxygens (including phenoxy) is 1. The first-order chi connectivity index (χ1) is 12.7. The van der Waals surface area contributed by atoms with Gasteiger partial charge in [-0.1, -0.05) is 29.8 Å². The molecule has 0 aliphatic rings. The maximum Gasteiger partial charge on any atom is 0.251 e. The summed E-state index contributed by atoms with van der Waals surface area (Å²) in [5, 5.41) is 7.70. The first kappa shape index (κ1) is 18.0. The van der Waals surface area contributed by atoms with Crippen molar-refractivity contribution < 1.29 is 9.53 Å². The average molecular weight is 370 g/mol. The zero-order chi connectivity index (χ0) is 18.2. The summed E-state index contributed by atoms with van der Waals surface area (Å²) in [5.74, 6) is 0.612. The zero-order valence-corrected chi connectivity index (χ0v) is 15.0. The molecule has 3 aromatic rings. The van der Waals surface area contributed by atoms with Gasteiger partial charge in [0.05, 0.1) is 0 Å². The number of benzene rings is 2. The fraction of sp³-hybridized carbons (Fsp3) is 0.200. The predicted molar refractivity (Wildman–Crippen MR) is 101 cm³/mol. The highest BCUT2D eigenvalue weighted by atomic mass is 35.5. The molecule has 1 heterocycles. The number of carbonyl (C=O) groups excluding carboxylic acids is 1. The van der Waals surface area contributed by atoms with Crippen molar-refractivity contribution in [3.05, 3.63) is 83.1 Å². The molecule has 2 aromatic carbocycles. The van der Waals surface area contributed by atoms with Crippen molar-refractivity contribution in [1.29, 1.82) is 0 Å². The summed E-state index contributed by atoms with van der Waals surface area (Å²) in [4.78, 5) is 12.3. The van der Waals surface area contributed by atoms with Gasteiger partial charge in [-0.05, 0) is 48.4 Å². The standard InChI is InChI=1S/C20H20ClN3O2/c21-18-7-2-8-19(14-18)26-15-16-5-1-6-17(13-16)20(25)22-9-3-11-24-12-4-10-23-24/h1-2,4-8,10,12-14H,3,9,11,15H2,(H,22,25). The second kappa shape index (κ2) is 9.06. The van der Waals surface area contributed by atoms with E-state index in [-0.39, 0.29) is 5.91 Å². The molecule has 0 atom stereocenters.